The molecule has 3 aromatic carbocycles. The number of nitrogen functional groups attached to an aromatic ring is 1. The van der Waals surface area contributed by atoms with Crippen LogP contribution >= 0.6 is 0 Å². The number of carboxylic acids is 1. The van der Waals surface area contributed by atoms with E-state index >= 15 is 4.39 Å². The van der Waals surface area contributed by atoms with Gasteiger partial charge in [0, 0.05) is 44.2 Å². The molecule has 4 aromatic rings. The second-order valence-electron chi connectivity index (χ2n) is 18.2. The van der Waals surface area contributed by atoms with Crippen LogP contribution in [0, 0.1) is 12.7 Å². The first kappa shape index (κ1) is 56.6. The summed E-state index contributed by atoms with van der Waals surface area (Å²) in [4.78, 5) is 77.7. The van der Waals surface area contributed by atoms with E-state index < -0.39 is 137 Å². The van der Waals surface area contributed by atoms with Crippen LogP contribution in [0.2, 0.25) is 0 Å². The molecule has 0 saturated heterocycles. The maximum absolute atomic E-state index is 15.4. The van der Waals surface area contributed by atoms with Gasteiger partial charge in [0.25, 0.3) is 22.0 Å². The Morgan fingerprint density at radius 2 is 1.58 bits per heavy atom. The highest BCUT2D eigenvalue weighted by molar-refractivity contribution is 7.87. The lowest BCUT2D eigenvalue weighted by Crippen LogP contribution is -2.54. The van der Waals surface area contributed by atoms with Crippen molar-refractivity contribution in [3.8, 4) is 45.5 Å². The van der Waals surface area contributed by atoms with Crippen LogP contribution in [0.15, 0.2) is 36.4 Å². The number of anilines is 2. The van der Waals surface area contributed by atoms with Gasteiger partial charge in [-0.25, -0.2) is 24.3 Å². The number of carbonyl (C=O) groups excluding carboxylic acids is 4. The Hall–Kier alpha value is -7.27. The molecule has 0 aliphatic carbocycles. The molecular weight excluding hydrogens is 982 g/mol. The molecule has 4 bridgehead atoms. The minimum Gasteiger partial charge on any atom is -0.504 e. The number of ether oxygens (including phenoxy) is 2. The summed E-state index contributed by atoms with van der Waals surface area (Å²) in [5, 5.41) is 66.4. The molecule has 27 heteroatoms. The number of carboxylic acid groups (broad SMARTS) is 1. The Bertz CT molecular complexity index is 2880. The second-order valence-corrected chi connectivity index (χ2v) is 19.6. The maximum Gasteiger partial charge on any atom is 0.326 e. The van der Waals surface area contributed by atoms with Gasteiger partial charge < -0.3 is 73.1 Å². The highest BCUT2D eigenvalue weighted by Crippen LogP contribution is 2.47. The molecule has 5 atom stereocenters. The number of halogens is 1. The number of hydrogen-bond acceptors (Lipinski definition) is 18. The van der Waals surface area contributed by atoms with Crippen LogP contribution < -0.4 is 57.4 Å². The van der Waals surface area contributed by atoms with Gasteiger partial charge in [-0.1, -0.05) is 26.8 Å². The number of aromatic hydroxyl groups is 2. The Morgan fingerprint density at radius 1 is 0.945 bits per heavy atom. The van der Waals surface area contributed by atoms with Crippen LogP contribution in [0.4, 0.5) is 15.9 Å². The first-order valence-electron chi connectivity index (χ1n) is 22.4. The van der Waals surface area contributed by atoms with Crippen molar-refractivity contribution in [2.45, 2.75) is 83.2 Å². The molecule has 1 aliphatic rings. The number of hydrogen-bond donors (Lipinski definition) is 13. The normalized spacial score (nSPS) is 16.5. The van der Waals surface area contributed by atoms with Crippen LogP contribution in [0.3, 0.4) is 0 Å². The van der Waals surface area contributed by atoms with Gasteiger partial charge in [0.15, 0.2) is 34.6 Å². The predicted molar refractivity (Wildman–Crippen MR) is 262 cm³/mol. The fraction of sp³-hybridized carbons (Fsp3) is 0.413. The largest absolute Gasteiger partial charge is 0.504 e. The smallest absolute Gasteiger partial charge is 0.326 e. The van der Waals surface area contributed by atoms with E-state index in [9.17, 15) is 57.9 Å². The molecule has 0 radical (unpaired) electrons. The molecule has 4 amide bonds. The number of likely N-dealkylation sites (N-methyl/N-ethyl adjacent to an activating group) is 1. The minimum absolute atomic E-state index is 0.0477. The zero-order valence-electron chi connectivity index (χ0n) is 40.6. The van der Waals surface area contributed by atoms with Crippen LogP contribution in [-0.4, -0.2) is 144 Å². The van der Waals surface area contributed by atoms with E-state index in [1.54, 1.807) is 20.8 Å². The summed E-state index contributed by atoms with van der Waals surface area (Å²) in [5.41, 5.74) is 16.0. The lowest BCUT2D eigenvalue weighted by molar-refractivity contribution is -0.142. The number of phenolic OH excluding ortho intramolecular Hbond substituents is 2. The Labute approximate surface area is 418 Å². The number of nitrogens with one attached hydrogen (secondary N) is 4. The van der Waals surface area contributed by atoms with Crippen molar-refractivity contribution in [3.05, 3.63) is 70.2 Å². The van der Waals surface area contributed by atoms with Gasteiger partial charge in [-0.2, -0.15) is 13.1 Å². The third-order valence-corrected chi connectivity index (χ3v) is 12.0. The molecule has 73 heavy (non-hydrogen) atoms. The molecule has 2 heterocycles. The van der Waals surface area contributed by atoms with E-state index in [1.807, 2.05) is 4.72 Å². The van der Waals surface area contributed by atoms with Crippen molar-refractivity contribution in [1.82, 2.24) is 30.6 Å². The number of nitrogens with zero attached hydrogens (tertiary/aromatic N) is 3. The molecule has 0 saturated carbocycles. The van der Waals surface area contributed by atoms with Gasteiger partial charge in [-0.15, -0.1) is 0 Å². The first-order valence-corrected chi connectivity index (χ1v) is 24.0. The van der Waals surface area contributed by atoms with E-state index in [4.69, 9.17) is 31.8 Å². The number of aromatic nitrogens is 2. The standard InChI is InChI=1S/C46H60FN11O14S/c1-20-35(40(50)57-41(54-20)26-7-8-29(46(3,4)5)36(47)38(26)63)43(65)56-31(17-52-73(51,69)70)44(66)58(6)32-12-22-10-28(39(32)72-19-25(60)16-49)27-9-23(13-33(37(27)62)71-18-24(59)15-48)14-34(61)53-21(2)42(64)55-30(11-22)45(67)68/h7-10,12-13,21,24-25,30-31,52,59-60,62-63H,11,14-19,48-49H2,1-6H3,(H,53,61)(H,55,64)(H,56,65)(H,67,68)(H2,50,54,57)(H2,51,69,70)/t21?,24-,25-,30?,31+/m1/s1. The monoisotopic (exact) mass is 1040 g/mol. The number of benzene rings is 3. The van der Waals surface area contributed by atoms with E-state index in [1.165, 1.54) is 50.2 Å². The molecule has 25 nitrogen and oxygen atoms in total. The Kier molecular flexibility index (Phi) is 17.9. The summed E-state index contributed by atoms with van der Waals surface area (Å²) in [7, 11) is -3.43. The van der Waals surface area contributed by atoms with Gasteiger partial charge in [0.05, 0.1) is 23.4 Å². The summed E-state index contributed by atoms with van der Waals surface area (Å²) >= 11 is 0. The molecule has 0 spiro atoms. The SMILES string of the molecule is Cc1nc(-c2ccc(C(C)(C)C)c(F)c2O)nc(N)c1C(=O)N[C@@H](CNS(N)(=O)=O)C(=O)N(C)c1cc2cc(c1OC[C@H](O)CN)-c1cc(cc(OC[C@H](O)CN)c1O)CC(=O)NC(C)C(=O)NC(C(=O)O)C2. The third-order valence-electron chi connectivity index (χ3n) is 11.4. The minimum atomic E-state index is -4.58. The first-order chi connectivity index (χ1) is 34.0. The number of fused-ring (bicyclic) bond motifs is 5. The van der Waals surface area contributed by atoms with Gasteiger partial charge >= 0.3 is 5.97 Å². The second kappa shape index (κ2) is 23.1. The number of aryl methyl sites for hydroxylation is 1. The summed E-state index contributed by atoms with van der Waals surface area (Å²) in [6, 6.07) is 3.17. The van der Waals surface area contributed by atoms with Crippen molar-refractivity contribution in [1.29, 1.82) is 0 Å². The molecule has 396 valence electrons. The lowest BCUT2D eigenvalue weighted by Gasteiger charge is -2.29. The van der Waals surface area contributed by atoms with Crippen molar-refractivity contribution in [2.24, 2.45) is 16.6 Å². The van der Waals surface area contributed by atoms with Crippen LogP contribution in [0.1, 0.15) is 60.4 Å². The van der Waals surface area contributed by atoms with Crippen LogP contribution in [0.25, 0.3) is 22.5 Å². The van der Waals surface area contributed by atoms with E-state index in [0.29, 0.717) is 0 Å². The lowest BCUT2D eigenvalue weighted by atomic mass is 9.85. The number of rotatable bonds is 17. The van der Waals surface area contributed by atoms with Crippen molar-refractivity contribution in [2.75, 3.05) is 50.5 Å². The fourth-order valence-electron chi connectivity index (χ4n) is 7.55. The summed E-state index contributed by atoms with van der Waals surface area (Å²) in [6.07, 6.45) is -3.56. The van der Waals surface area contributed by atoms with Gasteiger partial charge in [-0.05, 0) is 66.3 Å². The predicted octanol–water partition coefficient (Wildman–Crippen LogP) is -1.33. The molecule has 0 fully saturated rings. The average molecular weight is 1040 g/mol. The van der Waals surface area contributed by atoms with Crippen molar-refractivity contribution in [3.63, 3.8) is 0 Å². The van der Waals surface area contributed by atoms with E-state index in [0.717, 1.165) is 11.9 Å². The summed E-state index contributed by atoms with van der Waals surface area (Å²) in [6.45, 7) is 5.35. The highest BCUT2D eigenvalue weighted by Gasteiger charge is 2.34. The third kappa shape index (κ3) is 13.8. The molecule has 1 aliphatic heterocycles. The van der Waals surface area contributed by atoms with Gasteiger partial charge in [-0.3, -0.25) is 19.2 Å². The fourth-order valence-corrected chi connectivity index (χ4v) is 7.95. The Morgan fingerprint density at radius 3 is 2.16 bits per heavy atom. The number of aliphatic hydroxyl groups excluding tert-OH is 2. The van der Waals surface area contributed by atoms with Crippen molar-refractivity contribution >= 4 is 51.3 Å². The number of aliphatic hydroxyl groups is 2. The average Bonchev–Trinajstić information content (AvgIpc) is 3.30. The van der Waals surface area contributed by atoms with Gasteiger partial charge in [0.1, 0.15) is 54.9 Å². The zero-order valence-corrected chi connectivity index (χ0v) is 41.5. The molecular formula is C46H60FN11O14S. The molecule has 1 aromatic heterocycles. The van der Waals surface area contributed by atoms with Crippen LogP contribution in [0.5, 0.6) is 23.0 Å². The van der Waals surface area contributed by atoms with E-state index in [2.05, 4.69) is 25.9 Å². The Balaban J connectivity index is 1.71. The number of phenols is 2. The number of nitrogens with two attached hydrogens (primary N) is 4. The van der Waals surface area contributed by atoms with Crippen LogP contribution in [-0.2, 0) is 47.6 Å². The molecule has 5 rings (SSSR count). The number of carbonyl (C=O) groups is 5. The maximum atomic E-state index is 15.4. The summed E-state index contributed by atoms with van der Waals surface area (Å²) in [5.74, 6) is -9.09. The topological polar surface area (TPSA) is 420 Å². The highest BCUT2D eigenvalue weighted by atomic mass is 32.2. The zero-order chi connectivity index (χ0) is 54.4. The van der Waals surface area contributed by atoms with Gasteiger partial charge in [0.2, 0.25) is 11.8 Å². The quantitative estimate of drug-likeness (QED) is 0.0583. The van der Waals surface area contributed by atoms with Crippen molar-refractivity contribution < 1.29 is 71.8 Å². The summed E-state index contributed by atoms with van der Waals surface area (Å²) < 4.78 is 53.8. The number of aliphatic carboxylic acids is 1. The molecule has 2 unspecified atom stereocenters. The molecule has 17 N–H and O–H groups in total. The number of amides is 4. The van der Waals surface area contributed by atoms with E-state index in [-0.39, 0.29) is 75.2 Å².